The molecule has 1 N–H and O–H groups in total. The lowest BCUT2D eigenvalue weighted by atomic mass is 10.2. The van der Waals surface area contributed by atoms with Crippen molar-refractivity contribution in [2.45, 2.75) is 27.2 Å². The van der Waals surface area contributed by atoms with Gasteiger partial charge in [0.25, 0.3) is 11.8 Å². The van der Waals surface area contributed by atoms with Gasteiger partial charge >= 0.3 is 5.97 Å². The number of carbonyl (C=O) groups is 3. The second-order valence-electron chi connectivity index (χ2n) is 6.47. The van der Waals surface area contributed by atoms with E-state index in [1.165, 1.54) is 4.90 Å². The van der Waals surface area contributed by atoms with Crippen molar-refractivity contribution in [3.8, 4) is 11.5 Å². The Hall–Kier alpha value is -2.59. The molecular formula is C21H26N2O6S2. The van der Waals surface area contributed by atoms with Gasteiger partial charge in [-0.3, -0.25) is 19.3 Å². The van der Waals surface area contributed by atoms with Crippen LogP contribution in [0.2, 0.25) is 0 Å². The van der Waals surface area contributed by atoms with Crippen LogP contribution in [0.15, 0.2) is 23.1 Å². The van der Waals surface area contributed by atoms with Crippen molar-refractivity contribution < 1.29 is 29.0 Å². The van der Waals surface area contributed by atoms with Gasteiger partial charge in [0.2, 0.25) is 0 Å². The summed E-state index contributed by atoms with van der Waals surface area (Å²) >= 11 is 6.33. The molecule has 1 aliphatic rings. The van der Waals surface area contributed by atoms with Gasteiger partial charge in [0.1, 0.15) is 4.32 Å². The van der Waals surface area contributed by atoms with Crippen LogP contribution in [0, 0.1) is 0 Å². The van der Waals surface area contributed by atoms with Crippen LogP contribution in [0.25, 0.3) is 6.08 Å². The standard InChI is InChI=1S/C21H26N2O6S2/c1-4-22(5-2)18(24)13-29-15-8-7-14(11-16(15)28-6-3)12-17-20(27)23(21(30)31-17)10-9-19(25)26/h7-8,11-12H,4-6,9-10,13H2,1-3H3,(H,25,26)/b17-12+. The van der Waals surface area contributed by atoms with E-state index < -0.39 is 5.97 Å². The first-order valence-electron chi connectivity index (χ1n) is 9.95. The molecule has 0 saturated carbocycles. The fraction of sp³-hybridized carbons (Fsp3) is 0.429. The lowest BCUT2D eigenvalue weighted by Gasteiger charge is -2.19. The third-order valence-corrected chi connectivity index (χ3v) is 5.83. The first-order valence-corrected chi connectivity index (χ1v) is 11.2. The van der Waals surface area contributed by atoms with Gasteiger partial charge in [-0.15, -0.1) is 0 Å². The zero-order valence-electron chi connectivity index (χ0n) is 17.8. The quantitative estimate of drug-likeness (QED) is 0.393. The zero-order chi connectivity index (χ0) is 23.0. The Morgan fingerprint density at radius 1 is 1.19 bits per heavy atom. The molecule has 0 bridgehead atoms. The molecule has 1 aromatic rings. The monoisotopic (exact) mass is 466 g/mol. The summed E-state index contributed by atoms with van der Waals surface area (Å²) in [6.45, 7) is 7.23. The number of hydrogen-bond acceptors (Lipinski definition) is 7. The number of carboxylic acid groups (broad SMARTS) is 1. The molecule has 168 valence electrons. The number of ether oxygens (including phenoxy) is 2. The topological polar surface area (TPSA) is 96.4 Å². The molecule has 0 aromatic heterocycles. The van der Waals surface area contributed by atoms with Gasteiger partial charge in [0.05, 0.1) is 17.9 Å². The predicted molar refractivity (Wildman–Crippen MR) is 123 cm³/mol. The maximum atomic E-state index is 12.6. The third-order valence-electron chi connectivity index (χ3n) is 4.46. The van der Waals surface area contributed by atoms with Crippen molar-refractivity contribution >= 4 is 52.2 Å². The van der Waals surface area contributed by atoms with Crippen molar-refractivity contribution in [1.82, 2.24) is 9.80 Å². The molecule has 0 aliphatic carbocycles. The summed E-state index contributed by atoms with van der Waals surface area (Å²) in [6, 6.07) is 5.17. The minimum atomic E-state index is -0.991. The number of rotatable bonds is 11. The summed E-state index contributed by atoms with van der Waals surface area (Å²) in [4.78, 5) is 38.9. The smallest absolute Gasteiger partial charge is 0.305 e. The molecule has 0 unspecified atom stereocenters. The van der Waals surface area contributed by atoms with E-state index in [1.807, 2.05) is 20.8 Å². The Labute approximate surface area is 191 Å². The number of benzene rings is 1. The molecular weight excluding hydrogens is 440 g/mol. The average Bonchev–Trinajstić information content (AvgIpc) is 2.99. The van der Waals surface area contributed by atoms with Gasteiger partial charge in [-0.25, -0.2) is 0 Å². The zero-order valence-corrected chi connectivity index (χ0v) is 19.4. The van der Waals surface area contributed by atoms with E-state index in [0.29, 0.717) is 46.0 Å². The van der Waals surface area contributed by atoms with Crippen molar-refractivity contribution in [2.75, 3.05) is 32.8 Å². The number of hydrogen-bond donors (Lipinski definition) is 1. The summed E-state index contributed by atoms with van der Waals surface area (Å²) in [7, 11) is 0. The highest BCUT2D eigenvalue weighted by Crippen LogP contribution is 2.35. The number of carboxylic acids is 1. The van der Waals surface area contributed by atoms with Gasteiger partial charge < -0.3 is 19.5 Å². The van der Waals surface area contributed by atoms with E-state index in [1.54, 1.807) is 29.2 Å². The number of carbonyl (C=O) groups excluding carboxylic acids is 2. The molecule has 1 aromatic carbocycles. The second kappa shape index (κ2) is 11.7. The highest BCUT2D eigenvalue weighted by atomic mass is 32.2. The molecule has 10 heteroatoms. The lowest BCUT2D eigenvalue weighted by molar-refractivity contribution is -0.137. The maximum absolute atomic E-state index is 12.6. The SMILES string of the molecule is CCOc1cc(/C=C2/SC(=S)N(CCC(=O)O)C2=O)ccc1OCC(=O)N(CC)CC. The molecule has 0 radical (unpaired) electrons. The summed E-state index contributed by atoms with van der Waals surface area (Å²) < 4.78 is 11.7. The van der Waals surface area contributed by atoms with Crippen molar-refractivity contribution in [1.29, 1.82) is 0 Å². The Kier molecular flexibility index (Phi) is 9.32. The fourth-order valence-corrected chi connectivity index (χ4v) is 4.17. The van der Waals surface area contributed by atoms with Crippen molar-refractivity contribution in [3.63, 3.8) is 0 Å². The third kappa shape index (κ3) is 6.70. The summed E-state index contributed by atoms with van der Waals surface area (Å²) in [5.74, 6) is -0.520. The van der Waals surface area contributed by atoms with E-state index in [9.17, 15) is 14.4 Å². The largest absolute Gasteiger partial charge is 0.490 e. The van der Waals surface area contributed by atoms with Gasteiger partial charge in [-0.2, -0.15) is 0 Å². The van der Waals surface area contributed by atoms with Crippen LogP contribution in [0.3, 0.4) is 0 Å². The van der Waals surface area contributed by atoms with Crippen LogP contribution in [0.5, 0.6) is 11.5 Å². The van der Waals surface area contributed by atoms with E-state index >= 15 is 0 Å². The summed E-state index contributed by atoms with van der Waals surface area (Å²) in [5.41, 5.74) is 0.699. The number of nitrogens with zero attached hydrogens (tertiary/aromatic N) is 2. The predicted octanol–water partition coefficient (Wildman–Crippen LogP) is 3.01. The number of thiocarbonyl (C=S) groups is 1. The Morgan fingerprint density at radius 2 is 1.90 bits per heavy atom. The molecule has 8 nitrogen and oxygen atoms in total. The van der Waals surface area contributed by atoms with E-state index in [0.717, 1.165) is 11.8 Å². The van der Waals surface area contributed by atoms with Gasteiger partial charge in [0.15, 0.2) is 18.1 Å². The summed E-state index contributed by atoms with van der Waals surface area (Å²) in [6.07, 6.45) is 1.50. The normalized spacial score (nSPS) is 14.8. The first-order chi connectivity index (χ1) is 14.8. The number of thioether (sulfide) groups is 1. The van der Waals surface area contributed by atoms with Crippen LogP contribution < -0.4 is 9.47 Å². The second-order valence-corrected chi connectivity index (χ2v) is 8.15. The Bertz CT molecular complexity index is 883. The molecule has 1 saturated heterocycles. The fourth-order valence-electron chi connectivity index (χ4n) is 2.86. The molecule has 31 heavy (non-hydrogen) atoms. The number of amides is 2. The van der Waals surface area contributed by atoms with Gasteiger partial charge in [0, 0.05) is 19.6 Å². The van der Waals surface area contributed by atoms with Crippen molar-refractivity contribution in [3.05, 3.63) is 28.7 Å². The van der Waals surface area contributed by atoms with Gasteiger partial charge in [-0.1, -0.05) is 30.0 Å². The minimum Gasteiger partial charge on any atom is -0.490 e. The summed E-state index contributed by atoms with van der Waals surface area (Å²) in [5, 5.41) is 8.84. The Balaban J connectivity index is 2.16. The molecule has 0 spiro atoms. The maximum Gasteiger partial charge on any atom is 0.305 e. The van der Waals surface area contributed by atoms with E-state index in [-0.39, 0.29) is 31.4 Å². The number of likely N-dealkylation sites (N-methyl/N-ethyl adjacent to an activating group) is 1. The van der Waals surface area contributed by atoms with Gasteiger partial charge in [-0.05, 0) is 44.5 Å². The van der Waals surface area contributed by atoms with Crippen LogP contribution in [0.4, 0.5) is 0 Å². The molecule has 2 amide bonds. The van der Waals surface area contributed by atoms with E-state index in [2.05, 4.69) is 0 Å². The lowest BCUT2D eigenvalue weighted by Crippen LogP contribution is -2.34. The average molecular weight is 467 g/mol. The Morgan fingerprint density at radius 3 is 2.52 bits per heavy atom. The molecule has 1 aliphatic heterocycles. The molecule has 1 fully saturated rings. The molecule has 2 rings (SSSR count). The highest BCUT2D eigenvalue weighted by molar-refractivity contribution is 8.26. The van der Waals surface area contributed by atoms with E-state index in [4.69, 9.17) is 26.8 Å². The first kappa shape index (κ1) is 24.7. The number of aliphatic carboxylic acids is 1. The van der Waals surface area contributed by atoms with Crippen LogP contribution in [-0.2, 0) is 14.4 Å². The van der Waals surface area contributed by atoms with Crippen molar-refractivity contribution in [2.24, 2.45) is 0 Å². The van der Waals surface area contributed by atoms with Crippen LogP contribution in [-0.4, -0.2) is 69.9 Å². The molecule has 1 heterocycles. The highest BCUT2D eigenvalue weighted by Gasteiger charge is 2.32. The van der Waals surface area contributed by atoms with Crippen LogP contribution in [0.1, 0.15) is 32.8 Å². The molecule has 0 atom stereocenters. The van der Waals surface area contributed by atoms with Crippen LogP contribution >= 0.6 is 24.0 Å². The minimum absolute atomic E-state index is 0.0366.